The van der Waals surface area contributed by atoms with Crippen LogP contribution in [0.15, 0.2) is 47.4 Å². The number of piperidine rings is 1. The molecule has 1 fully saturated rings. The van der Waals surface area contributed by atoms with Gasteiger partial charge in [0.25, 0.3) is 0 Å². The van der Waals surface area contributed by atoms with Gasteiger partial charge in [-0.1, -0.05) is 6.07 Å². The maximum Gasteiger partial charge on any atom is 0.416 e. The zero-order valence-electron chi connectivity index (χ0n) is 16.9. The summed E-state index contributed by atoms with van der Waals surface area (Å²) in [6.45, 7) is -1.11. The first kappa shape index (κ1) is 24.8. The average Bonchev–Trinajstić information content (AvgIpc) is 2.78. The van der Waals surface area contributed by atoms with Crippen LogP contribution in [0.5, 0.6) is 0 Å². The molecule has 0 amide bonds. The van der Waals surface area contributed by atoms with Gasteiger partial charge in [-0.25, -0.2) is 17.2 Å². The van der Waals surface area contributed by atoms with Gasteiger partial charge >= 0.3 is 12.1 Å². The van der Waals surface area contributed by atoms with Crippen molar-refractivity contribution in [2.24, 2.45) is 5.92 Å². The number of halogens is 5. The number of hydrogen-bond acceptors (Lipinski definition) is 5. The number of sulfonamides is 1. The Kier molecular flexibility index (Phi) is 7.17. The van der Waals surface area contributed by atoms with Gasteiger partial charge in [-0.05, 0) is 49.2 Å². The monoisotopic (exact) mass is 491 g/mol. The van der Waals surface area contributed by atoms with E-state index in [9.17, 15) is 40.0 Å². The molecule has 0 aliphatic carbocycles. The predicted molar refractivity (Wildman–Crippen MR) is 105 cm³/mol. The molecule has 2 aromatic carbocycles. The minimum Gasteiger partial charge on any atom is -0.457 e. The van der Waals surface area contributed by atoms with Crippen LogP contribution in [-0.4, -0.2) is 44.2 Å². The summed E-state index contributed by atoms with van der Waals surface area (Å²) in [6, 6.07) is 5.65. The second-order valence-corrected chi connectivity index (χ2v) is 9.30. The number of hydrogen-bond donors (Lipinski definition) is 0. The molecule has 12 heteroatoms. The summed E-state index contributed by atoms with van der Waals surface area (Å²) in [5.41, 5.74) is -1.66. The Hall–Kier alpha value is -2.86. The van der Waals surface area contributed by atoms with Gasteiger partial charge in [0.15, 0.2) is 6.61 Å². The number of ether oxygens (including phenoxy) is 1. The Morgan fingerprint density at radius 3 is 2.33 bits per heavy atom. The van der Waals surface area contributed by atoms with Crippen LogP contribution in [0.2, 0.25) is 0 Å². The van der Waals surface area contributed by atoms with Gasteiger partial charge < -0.3 is 4.74 Å². The molecule has 6 nitrogen and oxygen atoms in total. The fourth-order valence-electron chi connectivity index (χ4n) is 3.36. The van der Waals surface area contributed by atoms with E-state index in [4.69, 9.17) is 4.74 Å². The number of carbonyl (C=O) groups excluding carboxylic acids is 2. The van der Waals surface area contributed by atoms with Gasteiger partial charge in [-0.15, -0.1) is 0 Å². The zero-order chi connectivity index (χ0) is 24.4. The second-order valence-electron chi connectivity index (χ2n) is 7.36. The number of rotatable bonds is 6. The van der Waals surface area contributed by atoms with Crippen molar-refractivity contribution >= 4 is 21.8 Å². The molecule has 0 unspecified atom stereocenters. The Bertz CT molecular complexity index is 1160. The standard InChI is InChI=1S/C21H18F5NO5S/c22-15-4-5-18(23)17(11-15)19(28)12-32-20(29)13-6-8-27(9-7-13)33(30,31)16-3-1-2-14(10-16)21(24,25)26/h1-5,10-11,13H,6-9,12H2. The summed E-state index contributed by atoms with van der Waals surface area (Å²) in [5, 5.41) is 0. The summed E-state index contributed by atoms with van der Waals surface area (Å²) < 4.78 is 96.8. The normalized spacial score (nSPS) is 15.9. The number of alkyl halides is 3. The Morgan fingerprint density at radius 1 is 1.03 bits per heavy atom. The SMILES string of the molecule is O=C(COC(=O)C1CCN(S(=O)(=O)c2cccc(C(F)(F)F)c2)CC1)c1cc(F)ccc1F. The summed E-state index contributed by atoms with van der Waals surface area (Å²) in [7, 11) is -4.21. The highest BCUT2D eigenvalue weighted by atomic mass is 32.2. The molecule has 1 heterocycles. The average molecular weight is 491 g/mol. The largest absolute Gasteiger partial charge is 0.457 e. The molecule has 1 aliphatic heterocycles. The Balaban J connectivity index is 1.58. The third kappa shape index (κ3) is 5.74. The van der Waals surface area contributed by atoms with Gasteiger partial charge in [-0.3, -0.25) is 9.59 Å². The van der Waals surface area contributed by atoms with E-state index >= 15 is 0 Å². The van der Waals surface area contributed by atoms with Crippen LogP contribution in [0.25, 0.3) is 0 Å². The molecule has 3 rings (SSSR count). The fourth-order valence-corrected chi connectivity index (χ4v) is 4.87. The van der Waals surface area contributed by atoms with Crippen LogP contribution in [0.1, 0.15) is 28.8 Å². The molecule has 1 saturated heterocycles. The second kappa shape index (κ2) is 9.56. The molecular formula is C21H18F5NO5S. The molecule has 0 saturated carbocycles. The van der Waals surface area contributed by atoms with Crippen molar-refractivity contribution in [3.8, 4) is 0 Å². The lowest BCUT2D eigenvalue weighted by atomic mass is 9.98. The lowest BCUT2D eigenvalue weighted by Crippen LogP contribution is -2.40. The highest BCUT2D eigenvalue weighted by molar-refractivity contribution is 7.89. The van der Waals surface area contributed by atoms with Crippen LogP contribution in [-0.2, 0) is 25.7 Å². The van der Waals surface area contributed by atoms with Crippen LogP contribution < -0.4 is 0 Å². The van der Waals surface area contributed by atoms with Crippen molar-refractivity contribution in [2.75, 3.05) is 19.7 Å². The van der Waals surface area contributed by atoms with Gasteiger partial charge in [0.1, 0.15) is 11.6 Å². The minimum atomic E-state index is -4.70. The molecule has 0 spiro atoms. The zero-order valence-corrected chi connectivity index (χ0v) is 17.8. The number of carbonyl (C=O) groups is 2. The quantitative estimate of drug-likeness (QED) is 0.349. The number of ketones is 1. The molecule has 0 radical (unpaired) electrons. The van der Waals surface area contributed by atoms with E-state index in [1.54, 1.807) is 0 Å². The van der Waals surface area contributed by atoms with Gasteiger partial charge in [0.05, 0.1) is 21.9 Å². The molecule has 0 bridgehead atoms. The molecular weight excluding hydrogens is 473 g/mol. The van der Waals surface area contributed by atoms with Crippen LogP contribution in [0.3, 0.4) is 0 Å². The number of esters is 1. The van der Waals surface area contributed by atoms with Gasteiger partial charge in [0, 0.05) is 13.1 Å². The third-order valence-electron chi connectivity index (χ3n) is 5.16. The molecule has 0 aromatic heterocycles. The van der Waals surface area contributed by atoms with E-state index < -0.39 is 68.1 Å². The Labute approximate surface area is 186 Å². The summed E-state index contributed by atoms with van der Waals surface area (Å²) in [6.07, 6.45) is -4.67. The van der Waals surface area contributed by atoms with Crippen molar-refractivity contribution in [3.63, 3.8) is 0 Å². The number of nitrogens with zero attached hydrogens (tertiary/aromatic N) is 1. The Morgan fingerprint density at radius 2 is 1.70 bits per heavy atom. The highest BCUT2D eigenvalue weighted by Gasteiger charge is 2.35. The molecule has 33 heavy (non-hydrogen) atoms. The van der Waals surface area contributed by atoms with Gasteiger partial charge in [0.2, 0.25) is 15.8 Å². The third-order valence-corrected chi connectivity index (χ3v) is 7.06. The molecule has 0 atom stereocenters. The maximum absolute atomic E-state index is 13.6. The van der Waals surface area contributed by atoms with Crippen molar-refractivity contribution in [1.29, 1.82) is 0 Å². The van der Waals surface area contributed by atoms with Gasteiger partial charge in [-0.2, -0.15) is 17.5 Å². The van der Waals surface area contributed by atoms with E-state index in [2.05, 4.69) is 0 Å². The smallest absolute Gasteiger partial charge is 0.416 e. The molecule has 1 aliphatic rings. The first-order valence-corrected chi connectivity index (χ1v) is 11.2. The van der Waals surface area contributed by atoms with E-state index in [-0.39, 0.29) is 25.9 Å². The van der Waals surface area contributed by atoms with Crippen molar-refractivity contribution < 1.29 is 44.7 Å². The predicted octanol–water partition coefficient (Wildman–Crippen LogP) is 3.81. The fraction of sp³-hybridized carbons (Fsp3) is 0.333. The number of benzene rings is 2. The summed E-state index contributed by atoms with van der Waals surface area (Å²) in [4.78, 5) is 23.7. The summed E-state index contributed by atoms with van der Waals surface area (Å²) in [5.74, 6) is -4.31. The van der Waals surface area contributed by atoms with E-state index in [1.807, 2.05) is 0 Å². The first-order chi connectivity index (χ1) is 15.4. The maximum atomic E-state index is 13.6. The van der Waals surface area contributed by atoms with Crippen LogP contribution in [0.4, 0.5) is 22.0 Å². The van der Waals surface area contributed by atoms with Crippen LogP contribution in [0, 0.1) is 17.6 Å². The van der Waals surface area contributed by atoms with Crippen molar-refractivity contribution in [1.82, 2.24) is 4.31 Å². The number of Topliss-reactive ketones (excluding diaryl/α,β-unsaturated/α-hetero) is 1. The minimum absolute atomic E-state index is 0.0134. The first-order valence-electron chi connectivity index (χ1n) is 9.72. The van der Waals surface area contributed by atoms with Crippen molar-refractivity contribution in [2.45, 2.75) is 23.9 Å². The molecule has 178 valence electrons. The lowest BCUT2D eigenvalue weighted by molar-refractivity contribution is -0.148. The topological polar surface area (TPSA) is 80.8 Å². The molecule has 2 aromatic rings. The van der Waals surface area contributed by atoms with Crippen LogP contribution >= 0.6 is 0 Å². The van der Waals surface area contributed by atoms with Crippen molar-refractivity contribution in [3.05, 3.63) is 65.2 Å². The van der Waals surface area contributed by atoms with E-state index in [0.717, 1.165) is 34.6 Å². The van der Waals surface area contributed by atoms with E-state index in [1.165, 1.54) is 0 Å². The summed E-state index contributed by atoms with van der Waals surface area (Å²) >= 11 is 0. The highest BCUT2D eigenvalue weighted by Crippen LogP contribution is 2.32. The van der Waals surface area contributed by atoms with E-state index in [0.29, 0.717) is 12.1 Å². The molecule has 0 N–H and O–H groups in total. The lowest BCUT2D eigenvalue weighted by Gasteiger charge is -2.30.